The lowest BCUT2D eigenvalue weighted by atomic mass is 9.98. The molecule has 5 rings (SSSR count). The summed E-state index contributed by atoms with van der Waals surface area (Å²) in [5.74, 6) is -0.659. The van der Waals surface area contributed by atoms with Crippen molar-refractivity contribution in [1.29, 1.82) is 0 Å². The summed E-state index contributed by atoms with van der Waals surface area (Å²) in [5, 5.41) is 12.8. The first-order valence-corrected chi connectivity index (χ1v) is 12.7. The van der Waals surface area contributed by atoms with Gasteiger partial charge in [0.05, 0.1) is 6.10 Å². The number of aliphatic carboxylic acids is 1. The summed E-state index contributed by atoms with van der Waals surface area (Å²) >= 11 is 6.19. The molecule has 2 aliphatic carbocycles. The number of carbonyl (C=O) groups is 2. The van der Waals surface area contributed by atoms with E-state index in [4.69, 9.17) is 21.1 Å². The first kappa shape index (κ1) is 24.2. The Balaban J connectivity index is 1.26. The number of amides is 1. The topological polar surface area (TPSA) is 84.9 Å². The molecule has 186 valence electrons. The zero-order valence-corrected chi connectivity index (χ0v) is 20.5. The highest BCUT2D eigenvalue weighted by atomic mass is 35.5. The molecule has 1 atom stereocenters. The second-order valence-corrected chi connectivity index (χ2v) is 9.78. The minimum atomic E-state index is -1.19. The summed E-state index contributed by atoms with van der Waals surface area (Å²) in [6, 6.07) is 20.1. The molecule has 1 saturated carbocycles. The van der Waals surface area contributed by atoms with E-state index in [-0.39, 0.29) is 25.0 Å². The molecule has 0 radical (unpaired) electrons. The number of carbonyl (C=O) groups excluding carboxylic acids is 1. The van der Waals surface area contributed by atoms with Gasteiger partial charge >= 0.3 is 12.1 Å². The molecule has 2 aliphatic rings. The second-order valence-electron chi connectivity index (χ2n) is 9.34. The molecule has 0 aliphatic heterocycles. The zero-order chi connectivity index (χ0) is 25.1. The van der Waals surface area contributed by atoms with Gasteiger partial charge in [0.1, 0.15) is 18.4 Å². The van der Waals surface area contributed by atoms with Crippen molar-refractivity contribution in [3.8, 4) is 16.9 Å². The third-order valence-electron chi connectivity index (χ3n) is 6.98. The van der Waals surface area contributed by atoms with Crippen molar-refractivity contribution in [2.24, 2.45) is 0 Å². The summed E-state index contributed by atoms with van der Waals surface area (Å²) in [6.07, 6.45) is 3.56. The monoisotopic (exact) mass is 505 g/mol. The highest BCUT2D eigenvalue weighted by Crippen LogP contribution is 2.44. The minimum absolute atomic E-state index is 0.0299. The molecule has 3 aromatic carbocycles. The lowest BCUT2D eigenvalue weighted by molar-refractivity contribution is -0.139. The SMILES string of the molecule is O=C(N[C@@H](Cc1cc(Cl)ccc1OC1CCCC1)C(=O)O)OCC1c2ccccc2-c2ccccc21. The number of carboxylic acids is 1. The van der Waals surface area contributed by atoms with Crippen LogP contribution in [0.5, 0.6) is 5.75 Å². The van der Waals surface area contributed by atoms with E-state index in [0.29, 0.717) is 16.3 Å². The van der Waals surface area contributed by atoms with Gasteiger partial charge in [0.25, 0.3) is 0 Å². The highest BCUT2D eigenvalue weighted by Gasteiger charge is 2.30. The van der Waals surface area contributed by atoms with Crippen molar-refractivity contribution in [3.05, 3.63) is 88.4 Å². The molecule has 3 aromatic rings. The van der Waals surface area contributed by atoms with Crippen LogP contribution in [0.1, 0.15) is 48.3 Å². The number of rotatable bonds is 8. The molecule has 0 bridgehead atoms. The van der Waals surface area contributed by atoms with Gasteiger partial charge in [-0.25, -0.2) is 9.59 Å². The molecular weight excluding hydrogens is 478 g/mol. The van der Waals surface area contributed by atoms with Crippen molar-refractivity contribution >= 4 is 23.7 Å². The molecular formula is C29H28ClNO5. The number of alkyl carbamates (subject to hydrolysis) is 1. The number of fused-ring (bicyclic) bond motifs is 3. The largest absolute Gasteiger partial charge is 0.490 e. The van der Waals surface area contributed by atoms with E-state index in [1.54, 1.807) is 18.2 Å². The quantitative estimate of drug-likeness (QED) is 0.381. The van der Waals surface area contributed by atoms with Gasteiger partial charge in [0.2, 0.25) is 0 Å². The zero-order valence-electron chi connectivity index (χ0n) is 19.8. The van der Waals surface area contributed by atoms with Gasteiger partial charge in [-0.3, -0.25) is 0 Å². The fourth-order valence-corrected chi connectivity index (χ4v) is 5.41. The Kier molecular flexibility index (Phi) is 7.14. The normalized spacial score (nSPS) is 15.7. The highest BCUT2D eigenvalue weighted by molar-refractivity contribution is 6.30. The Morgan fingerprint density at radius 2 is 1.61 bits per heavy atom. The smallest absolute Gasteiger partial charge is 0.407 e. The number of benzene rings is 3. The summed E-state index contributed by atoms with van der Waals surface area (Å²) in [4.78, 5) is 24.7. The van der Waals surface area contributed by atoms with E-state index in [1.807, 2.05) is 36.4 Å². The van der Waals surface area contributed by atoms with E-state index in [1.165, 1.54) is 0 Å². The fraction of sp³-hybridized carbons (Fsp3) is 0.310. The third-order valence-corrected chi connectivity index (χ3v) is 7.21. The fourth-order valence-electron chi connectivity index (χ4n) is 5.21. The van der Waals surface area contributed by atoms with Crippen LogP contribution < -0.4 is 10.1 Å². The lowest BCUT2D eigenvalue weighted by Gasteiger charge is -2.20. The van der Waals surface area contributed by atoms with Crippen molar-refractivity contribution < 1.29 is 24.2 Å². The van der Waals surface area contributed by atoms with Crippen LogP contribution in [0.2, 0.25) is 5.02 Å². The molecule has 0 aromatic heterocycles. The first-order chi connectivity index (χ1) is 17.5. The standard InChI is InChI=1S/C29H28ClNO5/c30-19-13-14-27(36-20-7-1-2-8-20)18(15-19)16-26(28(32)33)31-29(34)35-17-25-23-11-5-3-9-21(23)22-10-4-6-12-24(22)25/h3-6,9-15,20,25-26H,1-2,7-8,16-17H2,(H,31,34)(H,32,33)/t26-/m0/s1. The van der Waals surface area contributed by atoms with Crippen LogP contribution in [-0.2, 0) is 16.0 Å². The molecule has 7 heteroatoms. The maximum absolute atomic E-state index is 12.7. The van der Waals surface area contributed by atoms with Crippen LogP contribution in [0.15, 0.2) is 66.7 Å². The molecule has 2 N–H and O–H groups in total. The third kappa shape index (κ3) is 5.19. The van der Waals surface area contributed by atoms with Gasteiger partial charge in [-0.1, -0.05) is 60.1 Å². The minimum Gasteiger partial charge on any atom is -0.490 e. The van der Waals surface area contributed by atoms with Crippen molar-refractivity contribution in [2.75, 3.05) is 6.61 Å². The van der Waals surface area contributed by atoms with Crippen molar-refractivity contribution in [1.82, 2.24) is 5.32 Å². The van der Waals surface area contributed by atoms with Crippen LogP contribution in [0.3, 0.4) is 0 Å². The van der Waals surface area contributed by atoms with Crippen molar-refractivity contribution in [2.45, 2.75) is 50.2 Å². The average Bonchev–Trinajstić information content (AvgIpc) is 3.50. The predicted octanol–water partition coefficient (Wildman–Crippen LogP) is 6.20. The molecule has 0 spiro atoms. The van der Waals surface area contributed by atoms with Crippen molar-refractivity contribution in [3.63, 3.8) is 0 Å². The molecule has 1 amide bonds. The van der Waals surface area contributed by atoms with Crippen LogP contribution in [0.25, 0.3) is 11.1 Å². The molecule has 1 fully saturated rings. The van der Waals surface area contributed by atoms with Gasteiger partial charge in [-0.05, 0) is 71.7 Å². The summed E-state index contributed by atoms with van der Waals surface area (Å²) in [5.41, 5.74) is 5.08. The number of nitrogens with one attached hydrogen (secondary N) is 1. The van der Waals surface area contributed by atoms with E-state index in [2.05, 4.69) is 17.4 Å². The number of halogens is 1. The van der Waals surface area contributed by atoms with Crippen LogP contribution in [0, 0.1) is 0 Å². The van der Waals surface area contributed by atoms with Gasteiger partial charge in [0, 0.05) is 17.4 Å². The average molecular weight is 506 g/mol. The Morgan fingerprint density at radius 1 is 0.972 bits per heavy atom. The van der Waals surface area contributed by atoms with E-state index in [9.17, 15) is 14.7 Å². The van der Waals surface area contributed by atoms with Crippen LogP contribution >= 0.6 is 11.6 Å². The van der Waals surface area contributed by atoms with E-state index in [0.717, 1.165) is 47.9 Å². The maximum Gasteiger partial charge on any atom is 0.407 e. The molecule has 6 nitrogen and oxygen atoms in total. The van der Waals surface area contributed by atoms with Gasteiger partial charge in [-0.2, -0.15) is 0 Å². The second kappa shape index (κ2) is 10.6. The van der Waals surface area contributed by atoms with Crippen LogP contribution in [-0.4, -0.2) is 35.9 Å². The van der Waals surface area contributed by atoms with E-state index >= 15 is 0 Å². The van der Waals surface area contributed by atoms with E-state index < -0.39 is 18.1 Å². The van der Waals surface area contributed by atoms with Gasteiger partial charge in [-0.15, -0.1) is 0 Å². The molecule has 0 heterocycles. The predicted molar refractivity (Wildman–Crippen MR) is 138 cm³/mol. The Hall–Kier alpha value is -3.51. The van der Waals surface area contributed by atoms with Gasteiger partial charge < -0.3 is 19.9 Å². The summed E-state index contributed by atoms with van der Waals surface area (Å²) in [7, 11) is 0. The van der Waals surface area contributed by atoms with Gasteiger partial charge in [0.15, 0.2) is 0 Å². The van der Waals surface area contributed by atoms with Crippen LogP contribution in [0.4, 0.5) is 4.79 Å². The lowest BCUT2D eigenvalue weighted by Crippen LogP contribution is -2.43. The number of ether oxygens (including phenoxy) is 2. The molecule has 0 saturated heterocycles. The Labute approximate surface area is 215 Å². The number of carboxylic acid groups (broad SMARTS) is 1. The summed E-state index contributed by atoms with van der Waals surface area (Å²) < 4.78 is 11.7. The molecule has 0 unspecified atom stereocenters. The summed E-state index contributed by atoms with van der Waals surface area (Å²) in [6.45, 7) is 0.111. The first-order valence-electron chi connectivity index (χ1n) is 12.3. The number of hydrogen-bond acceptors (Lipinski definition) is 4. The molecule has 36 heavy (non-hydrogen) atoms. The maximum atomic E-state index is 12.7. The Morgan fingerprint density at radius 3 is 2.25 bits per heavy atom. The Bertz CT molecular complexity index is 1220. The number of hydrogen-bond donors (Lipinski definition) is 2.